The molecule has 0 saturated heterocycles. The number of amides is 1. The number of nitrogens with two attached hydrogens (primary N) is 1. The highest BCUT2D eigenvalue weighted by Gasteiger charge is 2.48. The van der Waals surface area contributed by atoms with Gasteiger partial charge in [-0.05, 0) is 51.0 Å². The van der Waals surface area contributed by atoms with E-state index in [2.05, 4.69) is 31.2 Å². The number of rotatable bonds is 5. The first kappa shape index (κ1) is 13.6. The summed E-state index contributed by atoms with van der Waals surface area (Å²) in [5.41, 5.74) is 8.09. The predicted octanol–water partition coefficient (Wildman–Crippen LogP) is 2.61. The van der Waals surface area contributed by atoms with Gasteiger partial charge in [-0.15, -0.1) is 0 Å². The zero-order valence-electron chi connectivity index (χ0n) is 12.4. The second kappa shape index (κ2) is 4.88. The fourth-order valence-electron chi connectivity index (χ4n) is 2.93. The van der Waals surface area contributed by atoms with E-state index in [4.69, 9.17) is 5.73 Å². The summed E-state index contributed by atoms with van der Waals surface area (Å²) in [5.74, 6) is 0.526. The molecule has 0 heterocycles. The summed E-state index contributed by atoms with van der Waals surface area (Å²) < 4.78 is 0. The van der Waals surface area contributed by atoms with E-state index in [1.54, 1.807) is 0 Å². The van der Waals surface area contributed by atoms with E-state index >= 15 is 0 Å². The Morgan fingerprint density at radius 2 is 2.05 bits per heavy atom. The first-order valence-electron chi connectivity index (χ1n) is 7.64. The summed E-state index contributed by atoms with van der Waals surface area (Å²) in [4.78, 5) is 14.8. The van der Waals surface area contributed by atoms with Crippen LogP contribution in [0.15, 0.2) is 24.3 Å². The Kier molecular flexibility index (Phi) is 3.33. The van der Waals surface area contributed by atoms with Crippen molar-refractivity contribution in [2.24, 2.45) is 11.7 Å². The molecule has 3 nitrogen and oxygen atoms in total. The summed E-state index contributed by atoms with van der Waals surface area (Å²) in [7, 11) is 0. The fourth-order valence-corrected chi connectivity index (χ4v) is 2.93. The van der Waals surface area contributed by atoms with E-state index in [1.807, 2.05) is 11.8 Å². The van der Waals surface area contributed by atoms with Gasteiger partial charge in [0.05, 0.1) is 5.54 Å². The van der Waals surface area contributed by atoms with Crippen molar-refractivity contribution < 1.29 is 4.79 Å². The first-order chi connectivity index (χ1) is 9.48. The lowest BCUT2D eigenvalue weighted by atomic mass is 9.95. The summed E-state index contributed by atoms with van der Waals surface area (Å²) in [6.45, 7) is 4.70. The van der Waals surface area contributed by atoms with Crippen molar-refractivity contribution in [2.75, 3.05) is 0 Å². The lowest BCUT2D eigenvalue weighted by molar-refractivity contribution is -0.138. The molecule has 0 aromatic heterocycles. The molecule has 1 atom stereocenters. The molecular weight excluding hydrogens is 248 g/mol. The standard InChI is InChI=1S/C17H24N2O/c1-12-4-3-5-13(10-12)11-19(15-8-9-15)16(20)17(2,18)14-6-7-14/h3-5,10,14-15H,6-9,11,18H2,1-2H3. The van der Waals surface area contributed by atoms with E-state index in [0.29, 0.717) is 18.5 Å². The van der Waals surface area contributed by atoms with E-state index in [1.165, 1.54) is 11.1 Å². The van der Waals surface area contributed by atoms with Gasteiger partial charge in [-0.25, -0.2) is 0 Å². The van der Waals surface area contributed by atoms with Crippen LogP contribution in [0.4, 0.5) is 0 Å². The Bertz CT molecular complexity index is 515. The molecule has 108 valence electrons. The number of nitrogens with zero attached hydrogens (tertiary/aromatic N) is 1. The van der Waals surface area contributed by atoms with Crippen molar-refractivity contribution in [1.82, 2.24) is 4.90 Å². The van der Waals surface area contributed by atoms with Gasteiger partial charge in [0.1, 0.15) is 0 Å². The minimum Gasteiger partial charge on any atom is -0.334 e. The van der Waals surface area contributed by atoms with Crippen LogP contribution in [0.5, 0.6) is 0 Å². The maximum atomic E-state index is 12.8. The van der Waals surface area contributed by atoms with Crippen LogP contribution in [0.25, 0.3) is 0 Å². The molecule has 20 heavy (non-hydrogen) atoms. The lowest BCUT2D eigenvalue weighted by Crippen LogP contribution is -2.55. The molecule has 3 rings (SSSR count). The number of carbonyl (C=O) groups is 1. The Hall–Kier alpha value is -1.35. The average Bonchev–Trinajstić information content (AvgIpc) is 3.28. The third-order valence-corrected chi connectivity index (χ3v) is 4.57. The van der Waals surface area contributed by atoms with Crippen LogP contribution >= 0.6 is 0 Å². The molecule has 2 aliphatic rings. The van der Waals surface area contributed by atoms with Crippen LogP contribution < -0.4 is 5.73 Å². The maximum Gasteiger partial charge on any atom is 0.243 e. The van der Waals surface area contributed by atoms with Gasteiger partial charge in [0.25, 0.3) is 0 Å². The molecule has 0 spiro atoms. The van der Waals surface area contributed by atoms with E-state index < -0.39 is 5.54 Å². The Labute approximate surface area is 121 Å². The third-order valence-electron chi connectivity index (χ3n) is 4.57. The van der Waals surface area contributed by atoms with Gasteiger partial charge >= 0.3 is 0 Å². The van der Waals surface area contributed by atoms with Crippen LogP contribution in [-0.2, 0) is 11.3 Å². The number of benzene rings is 1. The van der Waals surface area contributed by atoms with Gasteiger partial charge in [0.15, 0.2) is 0 Å². The summed E-state index contributed by atoms with van der Waals surface area (Å²) >= 11 is 0. The third kappa shape index (κ3) is 2.73. The van der Waals surface area contributed by atoms with Gasteiger partial charge in [0, 0.05) is 12.6 Å². The van der Waals surface area contributed by atoms with Gasteiger partial charge in [-0.3, -0.25) is 4.79 Å². The molecule has 2 fully saturated rings. The largest absolute Gasteiger partial charge is 0.334 e. The topological polar surface area (TPSA) is 46.3 Å². The number of hydrogen-bond donors (Lipinski definition) is 1. The normalized spacial score (nSPS) is 21.4. The Morgan fingerprint density at radius 3 is 2.60 bits per heavy atom. The molecule has 1 aromatic rings. The molecule has 0 radical (unpaired) electrons. The van der Waals surface area contributed by atoms with Crippen LogP contribution in [0.1, 0.15) is 43.7 Å². The molecular formula is C17H24N2O. The van der Waals surface area contributed by atoms with Crippen LogP contribution in [0.2, 0.25) is 0 Å². The zero-order chi connectivity index (χ0) is 14.3. The molecule has 3 heteroatoms. The lowest BCUT2D eigenvalue weighted by Gasteiger charge is -2.32. The molecule has 2 aliphatic carbocycles. The van der Waals surface area contributed by atoms with E-state index in [9.17, 15) is 4.79 Å². The van der Waals surface area contributed by atoms with E-state index in [-0.39, 0.29) is 5.91 Å². The number of aryl methyl sites for hydroxylation is 1. The molecule has 1 aromatic carbocycles. The van der Waals surface area contributed by atoms with Gasteiger partial charge < -0.3 is 10.6 Å². The highest BCUT2D eigenvalue weighted by Crippen LogP contribution is 2.41. The summed E-state index contributed by atoms with van der Waals surface area (Å²) in [5, 5.41) is 0. The van der Waals surface area contributed by atoms with Crippen LogP contribution in [-0.4, -0.2) is 22.4 Å². The second-order valence-electron chi connectivity index (χ2n) is 6.71. The fraction of sp³-hybridized carbons (Fsp3) is 0.588. The van der Waals surface area contributed by atoms with Crippen molar-refractivity contribution >= 4 is 5.91 Å². The molecule has 2 N–H and O–H groups in total. The molecule has 0 bridgehead atoms. The van der Waals surface area contributed by atoms with Crippen molar-refractivity contribution in [1.29, 1.82) is 0 Å². The van der Waals surface area contributed by atoms with Crippen LogP contribution in [0, 0.1) is 12.8 Å². The SMILES string of the molecule is Cc1cccc(CN(C(=O)C(C)(N)C2CC2)C2CC2)c1. The summed E-state index contributed by atoms with van der Waals surface area (Å²) in [6.07, 6.45) is 4.44. The van der Waals surface area contributed by atoms with Crippen molar-refractivity contribution in [3.8, 4) is 0 Å². The molecule has 1 amide bonds. The number of carbonyl (C=O) groups excluding carboxylic acids is 1. The molecule has 1 unspecified atom stereocenters. The Morgan fingerprint density at radius 1 is 1.35 bits per heavy atom. The minimum absolute atomic E-state index is 0.143. The van der Waals surface area contributed by atoms with Crippen LogP contribution in [0.3, 0.4) is 0 Å². The highest BCUT2D eigenvalue weighted by molar-refractivity contribution is 5.87. The predicted molar refractivity (Wildman–Crippen MR) is 80.1 cm³/mol. The van der Waals surface area contributed by atoms with Crippen molar-refractivity contribution in [3.63, 3.8) is 0 Å². The molecule has 0 aliphatic heterocycles. The second-order valence-corrected chi connectivity index (χ2v) is 6.71. The highest BCUT2D eigenvalue weighted by atomic mass is 16.2. The monoisotopic (exact) mass is 272 g/mol. The first-order valence-corrected chi connectivity index (χ1v) is 7.64. The van der Waals surface area contributed by atoms with E-state index in [0.717, 1.165) is 25.7 Å². The number of hydrogen-bond acceptors (Lipinski definition) is 2. The van der Waals surface area contributed by atoms with Gasteiger partial charge in [-0.1, -0.05) is 29.8 Å². The summed E-state index contributed by atoms with van der Waals surface area (Å²) in [6, 6.07) is 8.81. The molecule has 2 saturated carbocycles. The minimum atomic E-state index is -0.674. The zero-order valence-corrected chi connectivity index (χ0v) is 12.4. The maximum absolute atomic E-state index is 12.8. The Balaban J connectivity index is 1.77. The van der Waals surface area contributed by atoms with Crippen molar-refractivity contribution in [3.05, 3.63) is 35.4 Å². The van der Waals surface area contributed by atoms with Gasteiger partial charge in [-0.2, -0.15) is 0 Å². The van der Waals surface area contributed by atoms with Crippen molar-refractivity contribution in [2.45, 2.75) is 57.7 Å². The van der Waals surface area contributed by atoms with Gasteiger partial charge in [0.2, 0.25) is 5.91 Å². The quantitative estimate of drug-likeness (QED) is 0.895. The average molecular weight is 272 g/mol. The smallest absolute Gasteiger partial charge is 0.243 e.